The number of benzene rings is 1. The number of nitrogens with two attached hydrogens (primary N) is 1. The summed E-state index contributed by atoms with van der Waals surface area (Å²) in [6.45, 7) is 6.69. The molecule has 18 heavy (non-hydrogen) atoms. The maximum atomic E-state index is 7.64. The molecule has 3 N–H and O–H groups in total. The van der Waals surface area contributed by atoms with E-state index in [9.17, 15) is 0 Å². The van der Waals surface area contributed by atoms with Crippen LogP contribution in [0.2, 0.25) is 0 Å². The van der Waals surface area contributed by atoms with Crippen molar-refractivity contribution in [2.45, 2.75) is 39.3 Å². The number of nitrogen functional groups attached to an aromatic ring is 1. The van der Waals surface area contributed by atoms with Crippen LogP contribution in [0, 0.1) is 11.3 Å². The summed E-state index contributed by atoms with van der Waals surface area (Å²) < 4.78 is 0. The third kappa shape index (κ3) is 2.72. The van der Waals surface area contributed by atoms with Gasteiger partial charge in [0, 0.05) is 18.2 Å². The Morgan fingerprint density at radius 1 is 1.39 bits per heavy atom. The third-order valence-corrected chi connectivity index (χ3v) is 4.19. The van der Waals surface area contributed by atoms with Gasteiger partial charge in [0.15, 0.2) is 0 Å². The van der Waals surface area contributed by atoms with Crippen LogP contribution in [0.4, 0.5) is 0 Å². The van der Waals surface area contributed by atoms with Crippen molar-refractivity contribution in [1.82, 2.24) is 4.90 Å². The molecule has 2 atom stereocenters. The van der Waals surface area contributed by atoms with Gasteiger partial charge < -0.3 is 5.73 Å². The molecule has 2 unspecified atom stereocenters. The second-order valence-corrected chi connectivity index (χ2v) is 5.40. The van der Waals surface area contributed by atoms with Crippen molar-refractivity contribution in [2.24, 2.45) is 11.7 Å². The van der Waals surface area contributed by atoms with E-state index >= 15 is 0 Å². The summed E-state index contributed by atoms with van der Waals surface area (Å²) in [4.78, 5) is 2.51. The van der Waals surface area contributed by atoms with Gasteiger partial charge in [-0.25, -0.2) is 0 Å². The molecule has 3 nitrogen and oxygen atoms in total. The zero-order valence-electron chi connectivity index (χ0n) is 11.3. The van der Waals surface area contributed by atoms with E-state index in [0.29, 0.717) is 6.04 Å². The number of hydrogen-bond donors (Lipinski definition) is 2. The Kier molecular flexibility index (Phi) is 4.02. The van der Waals surface area contributed by atoms with Crippen molar-refractivity contribution in [3.8, 4) is 0 Å². The molecule has 2 rings (SSSR count). The molecular formula is C15H23N3. The zero-order chi connectivity index (χ0) is 13.1. The van der Waals surface area contributed by atoms with Crippen molar-refractivity contribution < 1.29 is 0 Å². The predicted molar refractivity (Wildman–Crippen MR) is 75.7 cm³/mol. The lowest BCUT2D eigenvalue weighted by Gasteiger charge is -2.38. The van der Waals surface area contributed by atoms with Crippen LogP contribution in [0.1, 0.15) is 37.8 Å². The lowest BCUT2D eigenvalue weighted by atomic mass is 9.91. The van der Waals surface area contributed by atoms with Crippen molar-refractivity contribution in [1.29, 1.82) is 5.41 Å². The van der Waals surface area contributed by atoms with E-state index in [-0.39, 0.29) is 5.84 Å². The van der Waals surface area contributed by atoms with Gasteiger partial charge in [0.2, 0.25) is 0 Å². The van der Waals surface area contributed by atoms with Crippen LogP contribution < -0.4 is 5.73 Å². The van der Waals surface area contributed by atoms with Crippen molar-refractivity contribution in [3.63, 3.8) is 0 Å². The quantitative estimate of drug-likeness (QED) is 0.635. The molecule has 0 aromatic heterocycles. The monoisotopic (exact) mass is 245 g/mol. The van der Waals surface area contributed by atoms with Gasteiger partial charge >= 0.3 is 0 Å². The number of nitrogens with zero attached hydrogens (tertiary/aromatic N) is 1. The van der Waals surface area contributed by atoms with Gasteiger partial charge in [0.05, 0.1) is 0 Å². The highest BCUT2D eigenvalue weighted by atomic mass is 15.2. The number of piperidine rings is 1. The molecule has 0 radical (unpaired) electrons. The highest BCUT2D eigenvalue weighted by Crippen LogP contribution is 2.25. The molecular weight excluding hydrogens is 222 g/mol. The van der Waals surface area contributed by atoms with Gasteiger partial charge in [-0.1, -0.05) is 31.2 Å². The summed E-state index contributed by atoms with van der Waals surface area (Å²) >= 11 is 0. The molecule has 1 aromatic carbocycles. The molecule has 98 valence electrons. The van der Waals surface area contributed by atoms with Crippen LogP contribution in [-0.4, -0.2) is 23.3 Å². The largest absolute Gasteiger partial charge is 0.384 e. The lowest BCUT2D eigenvalue weighted by Crippen LogP contribution is -2.42. The fourth-order valence-corrected chi connectivity index (χ4v) is 2.78. The minimum atomic E-state index is 0.170. The zero-order valence-corrected chi connectivity index (χ0v) is 11.3. The molecule has 1 heterocycles. The Balaban J connectivity index is 2.16. The van der Waals surface area contributed by atoms with E-state index in [4.69, 9.17) is 11.1 Å². The maximum Gasteiger partial charge on any atom is 0.123 e. The van der Waals surface area contributed by atoms with Gasteiger partial charge in [0.1, 0.15) is 5.84 Å². The van der Waals surface area contributed by atoms with E-state index in [1.165, 1.54) is 18.4 Å². The predicted octanol–water partition coefficient (Wildman–Crippen LogP) is 2.59. The van der Waals surface area contributed by atoms with Crippen molar-refractivity contribution >= 4 is 5.84 Å². The number of nitrogens with one attached hydrogen (secondary N) is 1. The first-order valence-electron chi connectivity index (χ1n) is 6.76. The van der Waals surface area contributed by atoms with Crippen LogP contribution >= 0.6 is 0 Å². The molecule has 0 bridgehead atoms. The van der Waals surface area contributed by atoms with Gasteiger partial charge in [-0.15, -0.1) is 0 Å². The minimum absolute atomic E-state index is 0.170. The van der Waals surface area contributed by atoms with Crippen LogP contribution in [0.5, 0.6) is 0 Å². The summed E-state index contributed by atoms with van der Waals surface area (Å²) in [6, 6.07) is 8.61. The first kappa shape index (κ1) is 13.1. The van der Waals surface area contributed by atoms with Gasteiger partial charge in [-0.2, -0.15) is 0 Å². The van der Waals surface area contributed by atoms with E-state index in [2.05, 4.69) is 24.8 Å². The topological polar surface area (TPSA) is 53.1 Å². The average Bonchev–Trinajstić information content (AvgIpc) is 2.35. The number of hydrogen-bond acceptors (Lipinski definition) is 2. The standard InChI is InChI=1S/C15H23N3/c1-11-6-5-9-18(12(11)2)10-13-7-3-4-8-14(13)15(16)17/h3-4,7-8,11-12H,5-6,9-10H2,1-2H3,(H3,16,17). The average molecular weight is 245 g/mol. The van der Waals surface area contributed by atoms with Crippen LogP contribution in [0.3, 0.4) is 0 Å². The maximum absolute atomic E-state index is 7.64. The fourth-order valence-electron chi connectivity index (χ4n) is 2.78. The number of amidine groups is 1. The highest BCUT2D eigenvalue weighted by Gasteiger charge is 2.25. The summed E-state index contributed by atoms with van der Waals surface area (Å²) in [5.74, 6) is 0.923. The van der Waals surface area contributed by atoms with Crippen LogP contribution in [-0.2, 0) is 6.54 Å². The van der Waals surface area contributed by atoms with E-state index in [1.54, 1.807) is 0 Å². The Morgan fingerprint density at radius 3 is 2.83 bits per heavy atom. The van der Waals surface area contributed by atoms with E-state index < -0.39 is 0 Å². The SMILES string of the molecule is CC1CCCN(Cc2ccccc2C(=N)N)C1C. The molecule has 0 aliphatic carbocycles. The smallest absolute Gasteiger partial charge is 0.123 e. The van der Waals surface area contributed by atoms with Gasteiger partial charge in [-0.3, -0.25) is 10.3 Å². The molecule has 1 saturated heterocycles. The molecule has 1 fully saturated rings. The van der Waals surface area contributed by atoms with Gasteiger partial charge in [-0.05, 0) is 37.8 Å². The highest BCUT2D eigenvalue weighted by molar-refractivity contribution is 5.96. The van der Waals surface area contributed by atoms with Crippen molar-refractivity contribution in [3.05, 3.63) is 35.4 Å². The Bertz CT molecular complexity index is 428. The third-order valence-electron chi connectivity index (χ3n) is 4.19. The molecule has 1 aromatic rings. The molecule has 1 aliphatic heterocycles. The van der Waals surface area contributed by atoms with E-state index in [1.807, 2.05) is 18.2 Å². The van der Waals surface area contributed by atoms with Crippen LogP contribution in [0.25, 0.3) is 0 Å². The fraction of sp³-hybridized carbons (Fsp3) is 0.533. The summed E-state index contributed by atoms with van der Waals surface area (Å²) in [5.41, 5.74) is 7.70. The minimum Gasteiger partial charge on any atom is -0.384 e. The van der Waals surface area contributed by atoms with Crippen molar-refractivity contribution in [2.75, 3.05) is 6.54 Å². The Morgan fingerprint density at radius 2 is 2.11 bits per heavy atom. The number of rotatable bonds is 3. The molecule has 3 heteroatoms. The molecule has 0 amide bonds. The molecule has 0 spiro atoms. The van der Waals surface area contributed by atoms with Crippen LogP contribution in [0.15, 0.2) is 24.3 Å². The second kappa shape index (κ2) is 5.53. The lowest BCUT2D eigenvalue weighted by molar-refractivity contribution is 0.106. The first-order chi connectivity index (χ1) is 8.59. The Hall–Kier alpha value is -1.35. The molecule has 1 aliphatic rings. The summed E-state index contributed by atoms with van der Waals surface area (Å²) in [7, 11) is 0. The van der Waals surface area contributed by atoms with E-state index in [0.717, 1.165) is 24.6 Å². The summed E-state index contributed by atoms with van der Waals surface area (Å²) in [5, 5.41) is 7.64. The normalized spacial score (nSPS) is 25.0. The Labute approximate surface area is 109 Å². The second-order valence-electron chi connectivity index (χ2n) is 5.40. The molecule has 0 saturated carbocycles. The summed E-state index contributed by atoms with van der Waals surface area (Å²) in [6.07, 6.45) is 2.60. The number of likely N-dealkylation sites (tertiary alicyclic amines) is 1. The first-order valence-corrected chi connectivity index (χ1v) is 6.76. The van der Waals surface area contributed by atoms with Gasteiger partial charge in [0.25, 0.3) is 0 Å².